The van der Waals surface area contributed by atoms with Gasteiger partial charge in [-0.25, -0.2) is 0 Å². The lowest BCUT2D eigenvalue weighted by Gasteiger charge is -2.15. The van der Waals surface area contributed by atoms with Crippen LogP contribution in [-0.2, 0) is 4.84 Å². The first-order chi connectivity index (χ1) is 6.75. The Morgan fingerprint density at radius 3 is 2.71 bits per heavy atom. The second-order valence-corrected chi connectivity index (χ2v) is 4.70. The van der Waals surface area contributed by atoms with Gasteiger partial charge in [-0.1, -0.05) is 45.0 Å². The molecule has 74 valence electrons. The highest BCUT2D eigenvalue weighted by Crippen LogP contribution is 2.21. The van der Waals surface area contributed by atoms with Crippen molar-refractivity contribution in [1.82, 2.24) is 0 Å². The number of hydrogen-bond acceptors (Lipinski definition) is 4. The number of aliphatic hydroxyl groups excluding tert-OH is 1. The van der Waals surface area contributed by atoms with Crippen molar-refractivity contribution in [2.24, 2.45) is 5.16 Å². The number of hydrogen-bond donors (Lipinski definition) is 1. The maximum absolute atomic E-state index is 9.06. The van der Waals surface area contributed by atoms with Gasteiger partial charge in [0.15, 0.2) is 0 Å². The van der Waals surface area contributed by atoms with E-state index in [1.165, 1.54) is 11.8 Å². The molecule has 14 heavy (non-hydrogen) atoms. The van der Waals surface area contributed by atoms with Crippen LogP contribution in [-0.4, -0.2) is 22.2 Å². The SMILES string of the molecule is OC1CSC(c2ccc(Br)cc2)=NO1. The highest BCUT2D eigenvalue weighted by atomic mass is 79.9. The summed E-state index contributed by atoms with van der Waals surface area (Å²) >= 11 is 4.85. The molecule has 1 aliphatic rings. The highest BCUT2D eigenvalue weighted by molar-refractivity contribution is 9.10. The predicted octanol–water partition coefficient (Wildman–Crippen LogP) is 2.19. The first kappa shape index (κ1) is 10.0. The van der Waals surface area contributed by atoms with Crippen LogP contribution in [0.15, 0.2) is 33.9 Å². The summed E-state index contributed by atoms with van der Waals surface area (Å²) in [5.74, 6) is 0.523. The predicted molar refractivity (Wildman–Crippen MR) is 60.2 cm³/mol. The Balaban J connectivity index is 2.19. The summed E-state index contributed by atoms with van der Waals surface area (Å²) in [6.45, 7) is 0. The van der Waals surface area contributed by atoms with Crippen LogP contribution < -0.4 is 0 Å². The number of oxime groups is 1. The van der Waals surface area contributed by atoms with Gasteiger partial charge in [-0.3, -0.25) is 0 Å². The van der Waals surface area contributed by atoms with E-state index >= 15 is 0 Å². The van der Waals surface area contributed by atoms with Crippen molar-refractivity contribution in [3.8, 4) is 0 Å². The Labute approximate surface area is 94.3 Å². The maximum Gasteiger partial charge on any atom is 0.233 e. The molecule has 1 N–H and O–H groups in total. The van der Waals surface area contributed by atoms with Gasteiger partial charge in [-0.05, 0) is 12.1 Å². The van der Waals surface area contributed by atoms with Gasteiger partial charge in [-0.2, -0.15) is 0 Å². The standard InChI is InChI=1S/C9H8BrNO2S/c10-7-3-1-6(2-4-7)9-11-13-8(12)5-14-9/h1-4,8,12H,5H2. The van der Waals surface area contributed by atoms with Crippen molar-refractivity contribution >= 4 is 32.7 Å². The second-order valence-electron chi connectivity index (χ2n) is 2.77. The van der Waals surface area contributed by atoms with Crippen LogP contribution in [0, 0.1) is 0 Å². The Hall–Kier alpha value is -0.520. The van der Waals surface area contributed by atoms with Gasteiger partial charge in [0.05, 0.1) is 5.75 Å². The van der Waals surface area contributed by atoms with E-state index in [2.05, 4.69) is 21.1 Å². The topological polar surface area (TPSA) is 41.8 Å². The first-order valence-electron chi connectivity index (χ1n) is 4.06. The van der Waals surface area contributed by atoms with Gasteiger partial charge >= 0.3 is 0 Å². The number of rotatable bonds is 1. The van der Waals surface area contributed by atoms with Gasteiger partial charge in [0.25, 0.3) is 0 Å². The summed E-state index contributed by atoms with van der Waals surface area (Å²) in [5, 5.41) is 13.7. The van der Waals surface area contributed by atoms with Crippen molar-refractivity contribution in [2.45, 2.75) is 6.29 Å². The summed E-state index contributed by atoms with van der Waals surface area (Å²) in [7, 11) is 0. The van der Waals surface area contributed by atoms with Crippen molar-refractivity contribution in [2.75, 3.05) is 5.75 Å². The van der Waals surface area contributed by atoms with Crippen LogP contribution in [0.25, 0.3) is 0 Å². The van der Waals surface area contributed by atoms with E-state index in [9.17, 15) is 0 Å². The zero-order chi connectivity index (χ0) is 9.97. The summed E-state index contributed by atoms with van der Waals surface area (Å²) in [6, 6.07) is 7.81. The molecular weight excluding hydrogens is 266 g/mol. The smallest absolute Gasteiger partial charge is 0.233 e. The highest BCUT2D eigenvalue weighted by Gasteiger charge is 2.16. The van der Waals surface area contributed by atoms with Crippen LogP contribution in [0.2, 0.25) is 0 Å². The molecule has 0 amide bonds. The van der Waals surface area contributed by atoms with Gasteiger partial charge in [0.2, 0.25) is 6.29 Å². The molecule has 1 aromatic carbocycles. The molecule has 1 heterocycles. The lowest BCUT2D eigenvalue weighted by molar-refractivity contribution is -0.0813. The zero-order valence-electron chi connectivity index (χ0n) is 7.18. The third-order valence-electron chi connectivity index (χ3n) is 1.71. The molecule has 0 radical (unpaired) electrons. The minimum absolute atomic E-state index is 0.523. The average Bonchev–Trinajstić information content (AvgIpc) is 2.21. The molecule has 1 aliphatic heterocycles. The van der Waals surface area contributed by atoms with Gasteiger partial charge in [0.1, 0.15) is 5.04 Å². The third kappa shape index (κ3) is 2.29. The van der Waals surface area contributed by atoms with Gasteiger partial charge in [0, 0.05) is 10.0 Å². The minimum atomic E-state index is -0.779. The Kier molecular flexibility index (Phi) is 3.10. The lowest BCUT2D eigenvalue weighted by atomic mass is 10.2. The fourth-order valence-corrected chi connectivity index (χ4v) is 2.07. The van der Waals surface area contributed by atoms with Crippen molar-refractivity contribution in [1.29, 1.82) is 0 Å². The molecule has 1 atom stereocenters. The van der Waals surface area contributed by atoms with Crippen LogP contribution in [0.3, 0.4) is 0 Å². The van der Waals surface area contributed by atoms with Gasteiger partial charge < -0.3 is 9.94 Å². The number of thioether (sulfide) groups is 1. The molecule has 0 spiro atoms. The second kappa shape index (κ2) is 4.33. The van der Waals surface area contributed by atoms with E-state index in [1.807, 2.05) is 24.3 Å². The molecule has 5 heteroatoms. The van der Waals surface area contributed by atoms with Crippen molar-refractivity contribution in [3.05, 3.63) is 34.3 Å². The monoisotopic (exact) mass is 273 g/mol. The van der Waals surface area contributed by atoms with E-state index in [4.69, 9.17) is 9.94 Å². The Morgan fingerprint density at radius 2 is 2.14 bits per heavy atom. The minimum Gasteiger partial charge on any atom is -0.362 e. The van der Waals surface area contributed by atoms with Crippen LogP contribution in [0.4, 0.5) is 0 Å². The Bertz CT molecular complexity index is 352. The number of nitrogens with zero attached hydrogens (tertiary/aromatic N) is 1. The fourth-order valence-electron chi connectivity index (χ4n) is 1.04. The molecule has 0 aliphatic carbocycles. The molecular formula is C9H8BrNO2S. The van der Waals surface area contributed by atoms with E-state index in [1.54, 1.807) is 0 Å². The van der Waals surface area contributed by atoms with E-state index in [0.29, 0.717) is 5.75 Å². The first-order valence-corrected chi connectivity index (χ1v) is 5.84. The van der Waals surface area contributed by atoms with Crippen LogP contribution in [0.5, 0.6) is 0 Å². The molecule has 3 nitrogen and oxygen atoms in total. The molecule has 0 saturated heterocycles. The molecule has 1 unspecified atom stereocenters. The fraction of sp³-hybridized carbons (Fsp3) is 0.222. The molecule has 0 aromatic heterocycles. The number of aliphatic hydroxyl groups is 1. The summed E-state index contributed by atoms with van der Waals surface area (Å²) < 4.78 is 1.03. The van der Waals surface area contributed by atoms with Crippen molar-refractivity contribution < 1.29 is 9.94 Å². The van der Waals surface area contributed by atoms with Crippen molar-refractivity contribution in [3.63, 3.8) is 0 Å². The van der Waals surface area contributed by atoms with Gasteiger partial charge in [-0.15, -0.1) is 0 Å². The number of benzene rings is 1. The summed E-state index contributed by atoms with van der Waals surface area (Å²) in [4.78, 5) is 4.79. The largest absolute Gasteiger partial charge is 0.362 e. The van der Waals surface area contributed by atoms with E-state index < -0.39 is 6.29 Å². The average molecular weight is 274 g/mol. The zero-order valence-corrected chi connectivity index (χ0v) is 9.59. The quantitative estimate of drug-likeness (QED) is 0.853. The number of halogens is 1. The van der Waals surface area contributed by atoms with E-state index in [-0.39, 0.29) is 0 Å². The molecule has 0 fully saturated rings. The molecule has 0 bridgehead atoms. The molecule has 0 saturated carbocycles. The van der Waals surface area contributed by atoms with E-state index in [0.717, 1.165) is 15.1 Å². The molecule has 2 rings (SSSR count). The summed E-state index contributed by atoms with van der Waals surface area (Å²) in [5.41, 5.74) is 1.00. The maximum atomic E-state index is 9.06. The van der Waals surface area contributed by atoms with Crippen LogP contribution >= 0.6 is 27.7 Å². The third-order valence-corrected chi connectivity index (χ3v) is 3.28. The lowest BCUT2D eigenvalue weighted by Crippen LogP contribution is -2.19. The summed E-state index contributed by atoms with van der Waals surface area (Å²) in [6.07, 6.45) is -0.779. The molecule has 1 aromatic rings. The Morgan fingerprint density at radius 1 is 1.43 bits per heavy atom. The van der Waals surface area contributed by atoms with Crippen LogP contribution in [0.1, 0.15) is 5.56 Å². The normalized spacial score (nSPS) is 21.3.